The number of nitrogens with one attached hydrogen (secondary N) is 1. The van der Waals surface area contributed by atoms with E-state index in [1.54, 1.807) is 0 Å². The molecule has 0 radical (unpaired) electrons. The van der Waals surface area contributed by atoms with E-state index in [2.05, 4.69) is 32.6 Å². The lowest BCUT2D eigenvalue weighted by atomic mass is 10.2. The number of anilines is 1. The molecule has 0 aromatic carbocycles. The number of H-pyrrole nitrogens is 1. The molecule has 3 N–H and O–H groups in total. The smallest absolute Gasteiger partial charge is 0.183 e. The zero-order valence-electron chi connectivity index (χ0n) is 9.10. The van der Waals surface area contributed by atoms with Crippen molar-refractivity contribution in [1.29, 1.82) is 0 Å². The number of hydrogen-bond acceptors (Lipinski definition) is 5. The monoisotopic (exact) mass is 235 g/mol. The van der Waals surface area contributed by atoms with E-state index in [0.29, 0.717) is 17.0 Å². The van der Waals surface area contributed by atoms with Crippen LogP contribution in [0.1, 0.15) is 24.9 Å². The van der Waals surface area contributed by atoms with Crippen LogP contribution in [0, 0.1) is 0 Å². The molecule has 2 heterocycles. The van der Waals surface area contributed by atoms with Crippen molar-refractivity contribution in [2.24, 2.45) is 0 Å². The first-order chi connectivity index (χ1) is 7.58. The molecule has 1 unspecified atom stereocenters. The summed E-state index contributed by atoms with van der Waals surface area (Å²) in [7, 11) is 0. The van der Waals surface area contributed by atoms with E-state index < -0.39 is 0 Å². The lowest BCUT2D eigenvalue weighted by Crippen LogP contribution is -1.92. The first kappa shape index (κ1) is 10.9. The zero-order chi connectivity index (χ0) is 11.7. The standard InChI is InChI=1S/C10H13N5S/c1-5(2)3-6(16)9-14-7-8(11)12-4-13-10(7)15-9/h3-4,6,16H,1-2H3,(H3,11,12,13,14,15). The summed E-state index contributed by atoms with van der Waals surface area (Å²) in [5, 5.41) is -0.0846. The maximum absolute atomic E-state index is 5.71. The molecule has 0 amide bonds. The quantitative estimate of drug-likeness (QED) is 0.548. The van der Waals surface area contributed by atoms with Crippen LogP contribution in [0.5, 0.6) is 0 Å². The lowest BCUT2D eigenvalue weighted by Gasteiger charge is -2.01. The molecule has 1 atom stereocenters. The third-order valence-electron chi connectivity index (χ3n) is 2.11. The van der Waals surface area contributed by atoms with Crippen molar-refractivity contribution in [1.82, 2.24) is 19.9 Å². The Bertz CT molecular complexity index is 541. The van der Waals surface area contributed by atoms with Crippen LogP contribution in [-0.4, -0.2) is 19.9 Å². The van der Waals surface area contributed by atoms with Crippen LogP contribution in [0.15, 0.2) is 18.0 Å². The number of hydrogen-bond donors (Lipinski definition) is 3. The van der Waals surface area contributed by atoms with Gasteiger partial charge in [-0.3, -0.25) is 0 Å². The van der Waals surface area contributed by atoms with Gasteiger partial charge in [-0.05, 0) is 13.8 Å². The van der Waals surface area contributed by atoms with Gasteiger partial charge in [-0.15, -0.1) is 0 Å². The highest BCUT2D eigenvalue weighted by molar-refractivity contribution is 7.80. The Morgan fingerprint density at radius 2 is 2.25 bits per heavy atom. The van der Waals surface area contributed by atoms with Gasteiger partial charge in [0.25, 0.3) is 0 Å². The molecule has 0 spiro atoms. The molecule has 0 aliphatic heterocycles. The molecule has 2 aromatic heterocycles. The molecule has 0 saturated heterocycles. The topological polar surface area (TPSA) is 80.5 Å². The molecule has 0 aliphatic carbocycles. The highest BCUT2D eigenvalue weighted by Crippen LogP contribution is 2.23. The van der Waals surface area contributed by atoms with Gasteiger partial charge in [0.1, 0.15) is 17.7 Å². The Balaban J connectivity index is 2.47. The molecule has 0 saturated carbocycles. The second-order valence-corrected chi connectivity index (χ2v) is 4.32. The van der Waals surface area contributed by atoms with Crippen LogP contribution in [0.25, 0.3) is 11.2 Å². The normalized spacial score (nSPS) is 12.7. The highest BCUT2D eigenvalue weighted by Gasteiger charge is 2.11. The van der Waals surface area contributed by atoms with Crippen LogP contribution < -0.4 is 5.73 Å². The lowest BCUT2D eigenvalue weighted by molar-refractivity contribution is 1.04. The van der Waals surface area contributed by atoms with Gasteiger partial charge in [-0.1, -0.05) is 11.6 Å². The fourth-order valence-electron chi connectivity index (χ4n) is 1.40. The third kappa shape index (κ3) is 2.01. The van der Waals surface area contributed by atoms with Gasteiger partial charge in [0.2, 0.25) is 0 Å². The molecule has 2 rings (SSSR count). The minimum Gasteiger partial charge on any atom is -0.382 e. The van der Waals surface area contributed by atoms with E-state index in [0.717, 1.165) is 5.82 Å². The van der Waals surface area contributed by atoms with E-state index in [4.69, 9.17) is 5.73 Å². The van der Waals surface area contributed by atoms with Crippen molar-refractivity contribution in [2.75, 3.05) is 5.73 Å². The second-order valence-electron chi connectivity index (χ2n) is 3.77. The van der Waals surface area contributed by atoms with E-state index in [1.165, 1.54) is 11.9 Å². The molecule has 84 valence electrons. The van der Waals surface area contributed by atoms with Gasteiger partial charge in [0.15, 0.2) is 11.5 Å². The second kappa shape index (κ2) is 4.13. The molecule has 0 bridgehead atoms. The number of rotatable bonds is 2. The van der Waals surface area contributed by atoms with Crippen LogP contribution in [0.4, 0.5) is 5.82 Å². The van der Waals surface area contributed by atoms with Crippen molar-refractivity contribution in [3.8, 4) is 0 Å². The highest BCUT2D eigenvalue weighted by atomic mass is 32.1. The van der Waals surface area contributed by atoms with Gasteiger partial charge >= 0.3 is 0 Å². The number of imidazole rings is 1. The fourth-order valence-corrected chi connectivity index (χ4v) is 1.82. The predicted octanol–water partition coefficient (Wildman–Crippen LogP) is 1.87. The van der Waals surface area contributed by atoms with Crippen LogP contribution in [0.3, 0.4) is 0 Å². The van der Waals surface area contributed by atoms with Gasteiger partial charge in [0, 0.05) is 0 Å². The number of aromatic nitrogens is 4. The van der Waals surface area contributed by atoms with Crippen molar-refractivity contribution in [3.63, 3.8) is 0 Å². The minimum atomic E-state index is -0.0846. The van der Waals surface area contributed by atoms with E-state index in [-0.39, 0.29) is 5.25 Å². The van der Waals surface area contributed by atoms with Crippen molar-refractivity contribution < 1.29 is 0 Å². The summed E-state index contributed by atoms with van der Waals surface area (Å²) in [5.74, 6) is 1.13. The Morgan fingerprint density at radius 3 is 2.88 bits per heavy atom. The summed E-state index contributed by atoms with van der Waals surface area (Å²) in [5.41, 5.74) is 8.13. The summed E-state index contributed by atoms with van der Waals surface area (Å²) in [6.07, 6.45) is 3.40. The van der Waals surface area contributed by atoms with Gasteiger partial charge in [-0.25, -0.2) is 15.0 Å². The van der Waals surface area contributed by atoms with Crippen LogP contribution in [0.2, 0.25) is 0 Å². The maximum Gasteiger partial charge on any atom is 0.183 e. The summed E-state index contributed by atoms with van der Waals surface area (Å²) >= 11 is 4.44. The number of nitrogens with zero attached hydrogens (tertiary/aromatic N) is 3. The van der Waals surface area contributed by atoms with Gasteiger partial charge in [0.05, 0.1) is 5.25 Å². The Kier molecular flexibility index (Phi) is 2.82. The first-order valence-corrected chi connectivity index (χ1v) is 5.38. The Hall–Kier alpha value is -1.56. The Labute approximate surface area is 98.6 Å². The van der Waals surface area contributed by atoms with Crippen molar-refractivity contribution >= 4 is 29.6 Å². The number of nitrogens with two attached hydrogens (primary N) is 1. The van der Waals surface area contributed by atoms with Crippen LogP contribution >= 0.6 is 12.6 Å². The molecule has 5 nitrogen and oxygen atoms in total. The molecule has 2 aromatic rings. The molecule has 6 heteroatoms. The average Bonchev–Trinajstić information content (AvgIpc) is 2.61. The van der Waals surface area contributed by atoms with Gasteiger partial charge < -0.3 is 10.7 Å². The SMILES string of the molecule is CC(C)=CC(S)c1nc2ncnc(N)c2[nH]1. The van der Waals surface area contributed by atoms with E-state index in [1.807, 2.05) is 19.9 Å². The largest absolute Gasteiger partial charge is 0.382 e. The number of aromatic amines is 1. The fraction of sp³-hybridized carbons (Fsp3) is 0.300. The van der Waals surface area contributed by atoms with E-state index in [9.17, 15) is 0 Å². The van der Waals surface area contributed by atoms with E-state index >= 15 is 0 Å². The molecular weight excluding hydrogens is 222 g/mol. The maximum atomic E-state index is 5.71. The predicted molar refractivity (Wildman–Crippen MR) is 67.3 cm³/mol. The van der Waals surface area contributed by atoms with Crippen molar-refractivity contribution in [3.05, 3.63) is 23.8 Å². The first-order valence-electron chi connectivity index (χ1n) is 4.87. The average molecular weight is 235 g/mol. The molecule has 0 aliphatic rings. The molecular formula is C10H13N5S. The van der Waals surface area contributed by atoms with Gasteiger partial charge in [-0.2, -0.15) is 12.6 Å². The number of allylic oxidation sites excluding steroid dienone is 1. The number of fused-ring (bicyclic) bond motifs is 1. The third-order valence-corrected chi connectivity index (χ3v) is 2.50. The van der Waals surface area contributed by atoms with Crippen LogP contribution in [-0.2, 0) is 0 Å². The summed E-state index contributed by atoms with van der Waals surface area (Å²) < 4.78 is 0. The number of thiol groups is 1. The number of nitrogen functional groups attached to an aromatic ring is 1. The summed E-state index contributed by atoms with van der Waals surface area (Å²) in [6.45, 7) is 4.03. The zero-order valence-corrected chi connectivity index (χ0v) is 9.99. The van der Waals surface area contributed by atoms with Crippen molar-refractivity contribution in [2.45, 2.75) is 19.1 Å². The summed E-state index contributed by atoms with van der Waals surface area (Å²) in [6, 6.07) is 0. The Morgan fingerprint density at radius 1 is 1.50 bits per heavy atom. The molecule has 0 fully saturated rings. The minimum absolute atomic E-state index is 0.0846. The molecule has 16 heavy (non-hydrogen) atoms. The summed E-state index contributed by atoms with van der Waals surface area (Å²) in [4.78, 5) is 15.3.